The summed E-state index contributed by atoms with van der Waals surface area (Å²) in [4.78, 5) is 26.2. The van der Waals surface area contributed by atoms with Crippen molar-refractivity contribution in [1.82, 2.24) is 0 Å². The van der Waals surface area contributed by atoms with Crippen molar-refractivity contribution in [2.45, 2.75) is 13.3 Å². The lowest BCUT2D eigenvalue weighted by molar-refractivity contribution is -0.121. The van der Waals surface area contributed by atoms with E-state index in [1.807, 2.05) is 19.1 Å². The molecule has 122 valence electrons. The molecule has 1 aliphatic rings. The van der Waals surface area contributed by atoms with Crippen molar-refractivity contribution in [2.24, 2.45) is 0 Å². The fourth-order valence-corrected chi connectivity index (χ4v) is 2.73. The summed E-state index contributed by atoms with van der Waals surface area (Å²) in [6.07, 6.45) is 0.859. The molecule has 1 N–H and O–H groups in total. The van der Waals surface area contributed by atoms with Gasteiger partial charge in [0.25, 0.3) is 5.91 Å². The molecule has 2 aromatic carbocycles. The molecule has 1 heterocycles. The van der Waals surface area contributed by atoms with Gasteiger partial charge >= 0.3 is 5.91 Å². The summed E-state index contributed by atoms with van der Waals surface area (Å²) in [5.74, 6) is -1.44. The number of aliphatic hydroxyl groups is 1. The number of amides is 2. The summed E-state index contributed by atoms with van der Waals surface area (Å²) >= 11 is 0. The minimum absolute atomic E-state index is 0.0444. The van der Waals surface area contributed by atoms with Gasteiger partial charge in [0.1, 0.15) is 5.75 Å². The normalized spacial score (nSPS) is 14.5. The Hall–Kier alpha value is -3.08. The summed E-state index contributed by atoms with van der Waals surface area (Å²) in [6, 6.07) is 13.9. The predicted octanol–water partition coefficient (Wildman–Crippen LogP) is 3.10. The maximum atomic E-state index is 12.8. The first-order valence-electron chi connectivity index (χ1n) is 7.62. The Bertz CT molecular complexity index is 837. The first-order chi connectivity index (χ1) is 11.6. The number of aliphatic hydroxyl groups excluding tert-OH is 1. The lowest BCUT2D eigenvalue weighted by Gasteiger charge is -2.15. The molecule has 2 aromatic rings. The van der Waals surface area contributed by atoms with Crippen molar-refractivity contribution < 1.29 is 19.4 Å². The lowest BCUT2D eigenvalue weighted by atomic mass is 10.0. The zero-order chi connectivity index (χ0) is 17.3. The van der Waals surface area contributed by atoms with E-state index in [1.165, 1.54) is 7.11 Å². The summed E-state index contributed by atoms with van der Waals surface area (Å²) in [5, 5.41) is 10.2. The van der Waals surface area contributed by atoms with Crippen LogP contribution in [0.2, 0.25) is 0 Å². The third kappa shape index (κ3) is 2.44. The monoisotopic (exact) mass is 323 g/mol. The average molecular weight is 323 g/mol. The van der Waals surface area contributed by atoms with Crippen molar-refractivity contribution in [3.63, 3.8) is 0 Å². The van der Waals surface area contributed by atoms with Gasteiger partial charge in [-0.15, -0.1) is 0 Å². The van der Waals surface area contributed by atoms with Crippen LogP contribution in [0.1, 0.15) is 18.1 Å². The molecule has 1 aliphatic heterocycles. The van der Waals surface area contributed by atoms with Crippen LogP contribution in [0.15, 0.2) is 54.3 Å². The molecule has 0 saturated carbocycles. The molecule has 0 aliphatic carbocycles. The van der Waals surface area contributed by atoms with Gasteiger partial charge in [-0.05, 0) is 30.2 Å². The third-order valence-electron chi connectivity index (χ3n) is 4.04. The Kier molecular flexibility index (Phi) is 4.08. The van der Waals surface area contributed by atoms with Gasteiger partial charge in [-0.1, -0.05) is 37.3 Å². The van der Waals surface area contributed by atoms with Crippen molar-refractivity contribution in [2.75, 3.05) is 12.0 Å². The quantitative estimate of drug-likeness (QED) is 0.878. The van der Waals surface area contributed by atoms with E-state index >= 15 is 0 Å². The second-order valence-corrected chi connectivity index (χ2v) is 5.39. The van der Waals surface area contributed by atoms with Gasteiger partial charge in [0.15, 0.2) is 5.76 Å². The zero-order valence-corrected chi connectivity index (χ0v) is 13.4. The fourth-order valence-electron chi connectivity index (χ4n) is 2.73. The number of carbonyl (C=O) groups is 2. The molecular weight excluding hydrogens is 306 g/mol. The molecule has 3 rings (SSSR count). The van der Waals surface area contributed by atoms with Crippen LogP contribution in [-0.2, 0) is 16.0 Å². The Morgan fingerprint density at radius 2 is 1.67 bits per heavy atom. The zero-order valence-electron chi connectivity index (χ0n) is 13.4. The molecule has 0 radical (unpaired) electrons. The molecule has 0 atom stereocenters. The summed E-state index contributed by atoms with van der Waals surface area (Å²) < 4.78 is 5.23. The highest BCUT2D eigenvalue weighted by molar-refractivity contribution is 6.45. The number of anilines is 1. The van der Waals surface area contributed by atoms with Crippen molar-refractivity contribution in [3.8, 4) is 5.75 Å². The lowest BCUT2D eigenvalue weighted by Crippen LogP contribution is -2.31. The third-order valence-corrected chi connectivity index (χ3v) is 4.04. The van der Waals surface area contributed by atoms with E-state index < -0.39 is 17.6 Å². The van der Waals surface area contributed by atoms with Crippen molar-refractivity contribution in [1.29, 1.82) is 0 Å². The largest absolute Gasteiger partial charge is 0.502 e. The highest BCUT2D eigenvalue weighted by atomic mass is 16.5. The fraction of sp³-hybridized carbons (Fsp3) is 0.158. The van der Waals surface area contributed by atoms with Gasteiger partial charge in [-0.25, -0.2) is 4.90 Å². The van der Waals surface area contributed by atoms with Crippen LogP contribution < -0.4 is 9.64 Å². The molecule has 0 bridgehead atoms. The number of ether oxygens (including phenoxy) is 1. The second kappa shape index (κ2) is 6.20. The second-order valence-electron chi connectivity index (χ2n) is 5.39. The molecule has 24 heavy (non-hydrogen) atoms. The number of rotatable bonds is 4. The van der Waals surface area contributed by atoms with E-state index in [9.17, 15) is 14.7 Å². The van der Waals surface area contributed by atoms with E-state index in [0.29, 0.717) is 17.0 Å². The summed E-state index contributed by atoms with van der Waals surface area (Å²) in [7, 11) is 1.47. The number of aryl methyl sites for hydroxylation is 1. The maximum Gasteiger partial charge on any atom is 0.301 e. The van der Waals surface area contributed by atoms with Gasteiger partial charge in [0.2, 0.25) is 0 Å². The molecule has 0 aromatic heterocycles. The highest BCUT2D eigenvalue weighted by Crippen LogP contribution is 2.35. The number of methoxy groups -OCH3 is 1. The smallest absolute Gasteiger partial charge is 0.301 e. The van der Waals surface area contributed by atoms with E-state index in [4.69, 9.17) is 4.74 Å². The first kappa shape index (κ1) is 15.8. The molecule has 0 saturated heterocycles. The minimum Gasteiger partial charge on any atom is -0.502 e. The van der Waals surface area contributed by atoms with Crippen molar-refractivity contribution >= 4 is 23.1 Å². The predicted molar refractivity (Wildman–Crippen MR) is 90.9 cm³/mol. The Morgan fingerprint density at radius 3 is 2.29 bits per heavy atom. The number of imide groups is 1. The molecular formula is C19H17NO4. The first-order valence-corrected chi connectivity index (χ1v) is 7.62. The van der Waals surface area contributed by atoms with E-state index in [0.717, 1.165) is 16.9 Å². The Labute approximate surface area is 139 Å². The molecule has 0 unspecified atom stereocenters. The van der Waals surface area contributed by atoms with Crippen LogP contribution in [0.4, 0.5) is 5.69 Å². The van der Waals surface area contributed by atoms with E-state index in [1.54, 1.807) is 36.4 Å². The molecule has 0 fully saturated rings. The van der Waals surface area contributed by atoms with Gasteiger partial charge in [0, 0.05) is 5.56 Å². The number of para-hydroxylation sites is 1. The SMILES string of the molecule is CCc1ccc(N2C(=O)C(O)=C(c3ccccc3OC)C2=O)cc1. The maximum absolute atomic E-state index is 12.8. The number of nitrogens with zero attached hydrogens (tertiary/aromatic N) is 1. The van der Waals surface area contributed by atoms with Crippen LogP contribution in [0.3, 0.4) is 0 Å². The topological polar surface area (TPSA) is 66.8 Å². The van der Waals surface area contributed by atoms with E-state index in [-0.39, 0.29) is 5.57 Å². The van der Waals surface area contributed by atoms with Crippen LogP contribution in [-0.4, -0.2) is 24.0 Å². The Balaban J connectivity index is 2.04. The van der Waals surface area contributed by atoms with Crippen molar-refractivity contribution in [3.05, 3.63) is 65.4 Å². The van der Waals surface area contributed by atoms with Gasteiger partial charge in [0.05, 0.1) is 18.4 Å². The number of benzene rings is 2. The van der Waals surface area contributed by atoms with Crippen LogP contribution in [0, 0.1) is 0 Å². The van der Waals surface area contributed by atoms with Gasteiger partial charge < -0.3 is 9.84 Å². The average Bonchev–Trinajstić information content (AvgIpc) is 2.84. The standard InChI is InChI=1S/C19H17NO4/c1-3-12-8-10-13(11-9-12)20-18(22)16(17(21)19(20)23)14-6-4-5-7-15(14)24-2/h4-11,21H,3H2,1-2H3. The molecule has 5 heteroatoms. The summed E-state index contributed by atoms with van der Waals surface area (Å²) in [5.41, 5.74) is 1.87. The number of carbonyl (C=O) groups excluding carboxylic acids is 2. The van der Waals surface area contributed by atoms with Crippen LogP contribution in [0.25, 0.3) is 5.57 Å². The molecule has 5 nitrogen and oxygen atoms in total. The molecule has 0 spiro atoms. The Morgan fingerprint density at radius 1 is 1.00 bits per heavy atom. The highest BCUT2D eigenvalue weighted by Gasteiger charge is 2.41. The number of hydrogen-bond acceptors (Lipinski definition) is 4. The van der Waals surface area contributed by atoms with Gasteiger partial charge in [-0.2, -0.15) is 0 Å². The van der Waals surface area contributed by atoms with E-state index in [2.05, 4.69) is 0 Å². The van der Waals surface area contributed by atoms with Crippen LogP contribution in [0.5, 0.6) is 5.75 Å². The number of hydrogen-bond donors (Lipinski definition) is 1. The summed E-state index contributed by atoms with van der Waals surface area (Å²) in [6.45, 7) is 2.02. The van der Waals surface area contributed by atoms with Gasteiger partial charge in [-0.3, -0.25) is 9.59 Å². The molecule has 2 amide bonds. The van der Waals surface area contributed by atoms with Crippen LogP contribution >= 0.6 is 0 Å². The minimum atomic E-state index is -0.731.